The standard InChI is InChI=1S/C13H17N3O4S/c1-6-8(3)15-10(5-21-4-9(14)13(19)20)7(2)12(18)16(15)11(6)17/h9H,4-5,14H2,1-3H3,(H,19,20)/t9-/m0/s1. The van der Waals surface area contributed by atoms with Crippen molar-refractivity contribution in [2.45, 2.75) is 32.6 Å². The van der Waals surface area contributed by atoms with Crippen LogP contribution in [0, 0.1) is 20.8 Å². The van der Waals surface area contributed by atoms with Crippen molar-refractivity contribution in [2.75, 3.05) is 5.75 Å². The van der Waals surface area contributed by atoms with Crippen LogP contribution in [0.4, 0.5) is 0 Å². The van der Waals surface area contributed by atoms with Crippen LogP contribution in [0.15, 0.2) is 9.59 Å². The Kier molecular flexibility index (Phi) is 4.11. The van der Waals surface area contributed by atoms with Crippen LogP contribution in [-0.2, 0) is 10.5 Å². The van der Waals surface area contributed by atoms with Gasteiger partial charge >= 0.3 is 5.97 Å². The van der Waals surface area contributed by atoms with Gasteiger partial charge in [-0.15, -0.1) is 0 Å². The molecule has 0 spiro atoms. The Morgan fingerprint density at radius 3 is 2.33 bits per heavy atom. The number of carboxylic acid groups (broad SMARTS) is 1. The van der Waals surface area contributed by atoms with E-state index in [2.05, 4.69) is 0 Å². The number of nitrogens with two attached hydrogens (primary N) is 1. The Morgan fingerprint density at radius 1 is 1.19 bits per heavy atom. The monoisotopic (exact) mass is 311 g/mol. The predicted molar refractivity (Wildman–Crippen MR) is 80.6 cm³/mol. The van der Waals surface area contributed by atoms with Crippen LogP contribution in [0.25, 0.3) is 0 Å². The van der Waals surface area contributed by atoms with Crippen LogP contribution in [-0.4, -0.2) is 31.9 Å². The van der Waals surface area contributed by atoms with Crippen LogP contribution in [0.5, 0.6) is 0 Å². The van der Waals surface area contributed by atoms with Gasteiger partial charge in [-0.25, -0.2) is 0 Å². The van der Waals surface area contributed by atoms with Gasteiger partial charge in [0.1, 0.15) is 6.04 Å². The summed E-state index contributed by atoms with van der Waals surface area (Å²) < 4.78 is 2.75. The molecule has 0 radical (unpaired) electrons. The highest BCUT2D eigenvalue weighted by Crippen LogP contribution is 2.17. The zero-order valence-electron chi connectivity index (χ0n) is 12.0. The number of rotatable bonds is 5. The molecule has 0 aliphatic carbocycles. The van der Waals surface area contributed by atoms with E-state index in [9.17, 15) is 14.4 Å². The van der Waals surface area contributed by atoms with Crippen molar-refractivity contribution in [3.8, 4) is 0 Å². The molecule has 0 unspecified atom stereocenters. The van der Waals surface area contributed by atoms with Crippen LogP contribution in [0.3, 0.4) is 0 Å². The molecule has 0 aromatic carbocycles. The van der Waals surface area contributed by atoms with E-state index >= 15 is 0 Å². The number of carboxylic acids is 1. The quantitative estimate of drug-likeness (QED) is 0.790. The molecule has 0 bridgehead atoms. The minimum atomic E-state index is -1.06. The van der Waals surface area contributed by atoms with Crippen LogP contribution in [0.2, 0.25) is 0 Å². The maximum atomic E-state index is 12.2. The van der Waals surface area contributed by atoms with Gasteiger partial charge in [0, 0.05) is 28.3 Å². The van der Waals surface area contributed by atoms with Crippen LogP contribution >= 0.6 is 11.8 Å². The molecule has 0 aliphatic rings. The molecule has 2 aromatic rings. The third-order valence-electron chi connectivity index (χ3n) is 3.63. The Bertz CT molecular complexity index is 808. The number of hydrogen-bond acceptors (Lipinski definition) is 5. The van der Waals surface area contributed by atoms with E-state index in [-0.39, 0.29) is 16.9 Å². The molecule has 8 heteroatoms. The van der Waals surface area contributed by atoms with Crippen LogP contribution in [0.1, 0.15) is 22.5 Å². The second-order valence-electron chi connectivity index (χ2n) is 4.98. The summed E-state index contributed by atoms with van der Waals surface area (Å²) in [5.41, 5.74) is 7.31. The molecule has 2 heterocycles. The average Bonchev–Trinajstić information content (AvgIpc) is 2.80. The van der Waals surface area contributed by atoms with E-state index in [0.29, 0.717) is 22.6 Å². The number of aliphatic carboxylic acids is 1. The summed E-state index contributed by atoms with van der Waals surface area (Å²) >= 11 is 1.33. The fourth-order valence-electron chi connectivity index (χ4n) is 2.18. The second kappa shape index (κ2) is 5.53. The molecule has 2 aromatic heterocycles. The Labute approximate surface area is 124 Å². The molecule has 7 nitrogen and oxygen atoms in total. The highest BCUT2D eigenvalue weighted by molar-refractivity contribution is 7.98. The van der Waals surface area contributed by atoms with Crippen molar-refractivity contribution in [1.29, 1.82) is 0 Å². The van der Waals surface area contributed by atoms with Gasteiger partial charge in [0.15, 0.2) is 0 Å². The smallest absolute Gasteiger partial charge is 0.321 e. The van der Waals surface area contributed by atoms with Gasteiger partial charge in [0.05, 0.1) is 5.69 Å². The summed E-state index contributed by atoms with van der Waals surface area (Å²) in [6.07, 6.45) is 0. The minimum Gasteiger partial charge on any atom is -0.480 e. The highest BCUT2D eigenvalue weighted by Gasteiger charge is 2.20. The zero-order chi connectivity index (χ0) is 15.9. The van der Waals surface area contributed by atoms with Crippen molar-refractivity contribution in [2.24, 2.45) is 5.73 Å². The Hall–Kier alpha value is -1.80. The van der Waals surface area contributed by atoms with Gasteiger partial charge in [-0.1, -0.05) is 0 Å². The third kappa shape index (κ3) is 2.44. The number of fused-ring (bicyclic) bond motifs is 1. The summed E-state index contributed by atoms with van der Waals surface area (Å²) in [4.78, 5) is 34.9. The number of nitrogens with zero attached hydrogens (tertiary/aromatic N) is 2. The number of thioether (sulfide) groups is 1. The van der Waals surface area contributed by atoms with Crippen molar-refractivity contribution in [3.63, 3.8) is 0 Å². The number of carbonyl (C=O) groups is 1. The van der Waals surface area contributed by atoms with Crippen molar-refractivity contribution >= 4 is 17.7 Å². The summed E-state index contributed by atoms with van der Waals surface area (Å²) in [6.45, 7) is 5.14. The minimum absolute atomic E-state index is 0.240. The molecular weight excluding hydrogens is 294 g/mol. The number of aryl methyl sites for hydroxylation is 1. The molecule has 21 heavy (non-hydrogen) atoms. The van der Waals surface area contributed by atoms with Gasteiger partial charge in [-0.3, -0.25) is 18.9 Å². The summed E-state index contributed by atoms with van der Waals surface area (Å²) in [5, 5.41) is 8.75. The van der Waals surface area contributed by atoms with E-state index in [4.69, 9.17) is 10.8 Å². The SMILES string of the molecule is Cc1c(C)n2c(CSC[C@H](N)C(=O)O)c(C)c(=O)n2c1=O. The average molecular weight is 311 g/mol. The first-order valence-electron chi connectivity index (χ1n) is 6.39. The number of aromatic nitrogens is 2. The first kappa shape index (κ1) is 15.6. The maximum absolute atomic E-state index is 12.2. The van der Waals surface area contributed by atoms with E-state index in [0.717, 1.165) is 10.2 Å². The summed E-state index contributed by atoms with van der Waals surface area (Å²) in [6, 6.07) is -0.942. The third-order valence-corrected chi connectivity index (χ3v) is 4.70. The molecule has 0 amide bonds. The molecule has 0 fully saturated rings. The summed E-state index contributed by atoms with van der Waals surface area (Å²) in [7, 11) is 0. The van der Waals surface area contributed by atoms with Crippen molar-refractivity contribution in [3.05, 3.63) is 43.2 Å². The van der Waals surface area contributed by atoms with E-state index < -0.39 is 12.0 Å². The van der Waals surface area contributed by atoms with E-state index in [1.165, 1.54) is 11.8 Å². The van der Waals surface area contributed by atoms with Crippen LogP contribution < -0.4 is 16.9 Å². The molecule has 2 rings (SSSR count). The fourth-order valence-corrected chi connectivity index (χ4v) is 3.23. The Balaban J connectivity index is 2.39. The topological polar surface area (TPSA) is 106 Å². The molecular formula is C13H17N3O4S. The molecule has 1 atom stereocenters. The van der Waals surface area contributed by atoms with E-state index in [1.807, 2.05) is 0 Å². The van der Waals surface area contributed by atoms with Gasteiger partial charge < -0.3 is 10.8 Å². The predicted octanol–water partition coefficient (Wildman–Crippen LogP) is -0.233. The summed E-state index contributed by atoms with van der Waals surface area (Å²) in [5.74, 6) is -0.392. The first-order valence-corrected chi connectivity index (χ1v) is 7.55. The lowest BCUT2D eigenvalue weighted by atomic mass is 10.2. The highest BCUT2D eigenvalue weighted by atomic mass is 32.2. The normalized spacial score (nSPS) is 13.0. The first-order chi connectivity index (χ1) is 9.77. The molecule has 3 N–H and O–H groups in total. The molecule has 0 saturated carbocycles. The number of hydrogen-bond donors (Lipinski definition) is 2. The van der Waals surface area contributed by atoms with Gasteiger partial charge in [-0.2, -0.15) is 16.3 Å². The van der Waals surface area contributed by atoms with Gasteiger partial charge in [-0.05, 0) is 20.8 Å². The lowest BCUT2D eigenvalue weighted by molar-refractivity contribution is -0.137. The second-order valence-corrected chi connectivity index (χ2v) is 6.01. The lowest BCUT2D eigenvalue weighted by Crippen LogP contribution is -2.32. The van der Waals surface area contributed by atoms with E-state index in [1.54, 1.807) is 25.3 Å². The maximum Gasteiger partial charge on any atom is 0.321 e. The Morgan fingerprint density at radius 2 is 1.76 bits per heavy atom. The molecule has 114 valence electrons. The zero-order valence-corrected chi connectivity index (χ0v) is 12.9. The van der Waals surface area contributed by atoms with Crippen molar-refractivity contribution < 1.29 is 9.90 Å². The van der Waals surface area contributed by atoms with Gasteiger partial charge in [0.25, 0.3) is 11.1 Å². The molecule has 0 aliphatic heterocycles. The fraction of sp³-hybridized carbons (Fsp3) is 0.462. The largest absolute Gasteiger partial charge is 0.480 e. The van der Waals surface area contributed by atoms with Crippen molar-refractivity contribution in [1.82, 2.24) is 9.03 Å². The molecule has 0 saturated heterocycles. The van der Waals surface area contributed by atoms with Gasteiger partial charge in [0.2, 0.25) is 0 Å². The lowest BCUT2D eigenvalue weighted by Gasteiger charge is -2.07.